The fourth-order valence-corrected chi connectivity index (χ4v) is 2.26. The highest BCUT2D eigenvalue weighted by molar-refractivity contribution is 5.61. The van der Waals surface area contributed by atoms with Crippen LogP contribution in [0.25, 0.3) is 0 Å². The molecule has 94 valence electrons. The molecule has 1 aliphatic heterocycles. The third kappa shape index (κ3) is 2.23. The van der Waals surface area contributed by atoms with Crippen molar-refractivity contribution in [1.82, 2.24) is 15.1 Å². The minimum atomic E-state index is -0.337. The van der Waals surface area contributed by atoms with Crippen molar-refractivity contribution in [2.75, 3.05) is 31.1 Å². The smallest absolute Gasteiger partial charge is 0.333 e. The van der Waals surface area contributed by atoms with Gasteiger partial charge in [-0.2, -0.15) is 5.10 Å². The van der Waals surface area contributed by atoms with Crippen molar-refractivity contribution in [3.63, 3.8) is 0 Å². The maximum Gasteiger partial charge on any atom is 0.333 e. The van der Waals surface area contributed by atoms with Crippen LogP contribution in [0.2, 0.25) is 0 Å². The minimum absolute atomic E-state index is 0.134. The van der Waals surface area contributed by atoms with E-state index in [4.69, 9.17) is 0 Å². The van der Waals surface area contributed by atoms with Crippen molar-refractivity contribution >= 4 is 11.5 Å². The molecule has 7 nitrogen and oxygen atoms in total. The molecule has 0 aromatic carbocycles. The van der Waals surface area contributed by atoms with Crippen LogP contribution in [-0.2, 0) is 7.05 Å². The SMILES string of the molecule is Cc1nn(C)c(N2CCCNCC2)c1[N+](=O)[O-]. The Morgan fingerprint density at radius 3 is 2.88 bits per heavy atom. The van der Waals surface area contributed by atoms with E-state index in [2.05, 4.69) is 10.4 Å². The number of hydrogen-bond donors (Lipinski definition) is 1. The molecule has 0 amide bonds. The highest BCUT2D eigenvalue weighted by Gasteiger charge is 2.28. The van der Waals surface area contributed by atoms with E-state index in [1.807, 2.05) is 4.90 Å². The Kier molecular flexibility index (Phi) is 3.28. The minimum Gasteiger partial charge on any atom is -0.350 e. The van der Waals surface area contributed by atoms with Gasteiger partial charge in [-0.3, -0.25) is 10.1 Å². The molecule has 1 N–H and O–H groups in total. The van der Waals surface area contributed by atoms with Gasteiger partial charge in [-0.25, -0.2) is 4.68 Å². The zero-order valence-electron chi connectivity index (χ0n) is 10.1. The third-order valence-corrected chi connectivity index (χ3v) is 2.98. The monoisotopic (exact) mass is 239 g/mol. The summed E-state index contributed by atoms with van der Waals surface area (Å²) >= 11 is 0. The van der Waals surface area contributed by atoms with Crippen molar-refractivity contribution < 1.29 is 4.92 Å². The van der Waals surface area contributed by atoms with Crippen LogP contribution in [0.3, 0.4) is 0 Å². The molecule has 0 saturated carbocycles. The second kappa shape index (κ2) is 4.70. The van der Waals surface area contributed by atoms with Crippen LogP contribution in [-0.4, -0.2) is 40.9 Å². The molecule has 1 fully saturated rings. The van der Waals surface area contributed by atoms with E-state index in [0.29, 0.717) is 11.5 Å². The van der Waals surface area contributed by atoms with Gasteiger partial charge in [-0.05, 0) is 19.9 Å². The molecule has 0 bridgehead atoms. The summed E-state index contributed by atoms with van der Waals surface area (Å²) in [6.07, 6.45) is 0.987. The number of nitrogens with one attached hydrogen (secondary N) is 1. The number of nitro groups is 1. The van der Waals surface area contributed by atoms with Crippen LogP contribution in [0.4, 0.5) is 11.5 Å². The van der Waals surface area contributed by atoms with E-state index in [9.17, 15) is 10.1 Å². The van der Waals surface area contributed by atoms with Gasteiger partial charge >= 0.3 is 5.69 Å². The predicted octanol–water partition coefficient (Wildman–Crippen LogP) is 0.436. The van der Waals surface area contributed by atoms with Gasteiger partial charge in [0.05, 0.1) is 4.92 Å². The molecule has 7 heteroatoms. The van der Waals surface area contributed by atoms with Crippen LogP contribution in [0.1, 0.15) is 12.1 Å². The Balaban J connectivity index is 2.38. The van der Waals surface area contributed by atoms with E-state index in [1.165, 1.54) is 0 Å². The molecule has 2 heterocycles. The normalized spacial score (nSPS) is 16.9. The van der Waals surface area contributed by atoms with Crippen LogP contribution in [0.15, 0.2) is 0 Å². The second-order valence-corrected chi connectivity index (χ2v) is 4.23. The molecule has 0 atom stereocenters. The molecular formula is C10H17N5O2. The summed E-state index contributed by atoms with van der Waals surface area (Å²) in [7, 11) is 1.76. The van der Waals surface area contributed by atoms with Gasteiger partial charge < -0.3 is 10.2 Å². The Morgan fingerprint density at radius 2 is 2.18 bits per heavy atom. The zero-order valence-corrected chi connectivity index (χ0v) is 10.1. The number of rotatable bonds is 2. The molecule has 1 aromatic heterocycles. The Hall–Kier alpha value is -1.63. The van der Waals surface area contributed by atoms with Crippen LogP contribution in [0.5, 0.6) is 0 Å². The largest absolute Gasteiger partial charge is 0.350 e. The van der Waals surface area contributed by atoms with Crippen LogP contribution in [0, 0.1) is 17.0 Å². The quantitative estimate of drug-likeness (QED) is 0.598. The summed E-state index contributed by atoms with van der Waals surface area (Å²) in [6.45, 7) is 5.09. The maximum atomic E-state index is 11.1. The second-order valence-electron chi connectivity index (χ2n) is 4.23. The molecule has 1 aliphatic rings. The van der Waals surface area contributed by atoms with E-state index < -0.39 is 0 Å². The van der Waals surface area contributed by atoms with E-state index >= 15 is 0 Å². The van der Waals surface area contributed by atoms with Gasteiger partial charge in [0.2, 0.25) is 5.82 Å². The van der Waals surface area contributed by atoms with Crippen molar-refractivity contribution in [2.24, 2.45) is 7.05 Å². The van der Waals surface area contributed by atoms with E-state index in [-0.39, 0.29) is 10.6 Å². The van der Waals surface area contributed by atoms with Gasteiger partial charge in [0.15, 0.2) is 0 Å². The van der Waals surface area contributed by atoms with Gasteiger partial charge in [0, 0.05) is 26.7 Å². The van der Waals surface area contributed by atoms with Crippen molar-refractivity contribution in [2.45, 2.75) is 13.3 Å². The lowest BCUT2D eigenvalue weighted by molar-refractivity contribution is -0.384. The predicted molar refractivity (Wildman–Crippen MR) is 64.3 cm³/mol. The number of anilines is 1. The molecule has 0 radical (unpaired) electrons. The summed E-state index contributed by atoms with van der Waals surface area (Å²) in [4.78, 5) is 12.8. The lowest BCUT2D eigenvalue weighted by atomic mass is 10.3. The van der Waals surface area contributed by atoms with Crippen molar-refractivity contribution in [3.05, 3.63) is 15.8 Å². The summed E-state index contributed by atoms with van der Waals surface area (Å²) in [5, 5.41) is 18.5. The fraction of sp³-hybridized carbons (Fsp3) is 0.700. The average molecular weight is 239 g/mol. The molecule has 1 saturated heterocycles. The molecule has 0 spiro atoms. The number of aromatic nitrogens is 2. The summed E-state index contributed by atoms with van der Waals surface area (Å²) < 4.78 is 1.61. The zero-order chi connectivity index (χ0) is 12.4. The molecule has 0 aliphatic carbocycles. The van der Waals surface area contributed by atoms with E-state index in [0.717, 1.165) is 32.6 Å². The van der Waals surface area contributed by atoms with Crippen molar-refractivity contribution in [3.8, 4) is 0 Å². The Morgan fingerprint density at radius 1 is 1.41 bits per heavy atom. The third-order valence-electron chi connectivity index (χ3n) is 2.98. The summed E-state index contributed by atoms with van der Waals surface area (Å²) in [6, 6.07) is 0. The number of hydrogen-bond acceptors (Lipinski definition) is 5. The van der Waals surface area contributed by atoms with Gasteiger partial charge in [-0.1, -0.05) is 0 Å². The van der Waals surface area contributed by atoms with Crippen molar-refractivity contribution in [1.29, 1.82) is 0 Å². The molecule has 0 unspecified atom stereocenters. The lowest BCUT2D eigenvalue weighted by Gasteiger charge is -2.20. The van der Waals surface area contributed by atoms with Crippen LogP contribution >= 0.6 is 0 Å². The topological polar surface area (TPSA) is 76.2 Å². The highest BCUT2D eigenvalue weighted by Crippen LogP contribution is 2.30. The van der Waals surface area contributed by atoms with Gasteiger partial charge in [-0.15, -0.1) is 0 Å². The Labute approximate surface area is 99.6 Å². The van der Waals surface area contributed by atoms with Gasteiger partial charge in [0.1, 0.15) is 5.69 Å². The lowest BCUT2D eigenvalue weighted by Crippen LogP contribution is -2.30. The molecular weight excluding hydrogens is 222 g/mol. The first-order valence-electron chi connectivity index (χ1n) is 5.75. The molecule has 2 rings (SSSR count). The first kappa shape index (κ1) is 11.8. The van der Waals surface area contributed by atoms with Gasteiger partial charge in [0.25, 0.3) is 0 Å². The number of nitrogens with zero attached hydrogens (tertiary/aromatic N) is 4. The van der Waals surface area contributed by atoms with E-state index in [1.54, 1.807) is 18.7 Å². The first-order chi connectivity index (χ1) is 8.11. The Bertz CT molecular complexity index is 421. The summed E-state index contributed by atoms with van der Waals surface area (Å²) in [5.74, 6) is 0.621. The average Bonchev–Trinajstić information content (AvgIpc) is 2.47. The fourth-order valence-electron chi connectivity index (χ4n) is 2.26. The first-order valence-corrected chi connectivity index (χ1v) is 5.75. The highest BCUT2D eigenvalue weighted by atomic mass is 16.6. The number of aryl methyl sites for hydroxylation is 2. The van der Waals surface area contributed by atoms with Crippen LogP contribution < -0.4 is 10.2 Å². The standard InChI is InChI=1S/C10H17N5O2/c1-8-9(15(16)17)10(13(2)12-8)14-6-3-4-11-5-7-14/h11H,3-7H2,1-2H3. The molecule has 17 heavy (non-hydrogen) atoms. The summed E-state index contributed by atoms with van der Waals surface area (Å²) in [5.41, 5.74) is 0.610. The maximum absolute atomic E-state index is 11.1. The molecule has 1 aromatic rings.